The predicted molar refractivity (Wildman–Crippen MR) is 125 cm³/mol. The van der Waals surface area contributed by atoms with Gasteiger partial charge in [-0.05, 0) is 35.4 Å². The average molecular weight is 471 g/mol. The zero-order chi connectivity index (χ0) is 24.0. The first-order valence-corrected chi connectivity index (χ1v) is 11.1. The Balaban J connectivity index is 1.94. The molecule has 0 radical (unpaired) electrons. The number of nitro groups is 1. The largest absolute Gasteiger partial charge is 0.493 e. The summed E-state index contributed by atoms with van der Waals surface area (Å²) in [7, 11) is 0.497. The van der Waals surface area contributed by atoms with Crippen LogP contribution < -0.4 is 18.9 Å². The highest BCUT2D eigenvalue weighted by molar-refractivity contribution is 7.92. The van der Waals surface area contributed by atoms with Crippen LogP contribution in [-0.2, 0) is 10.0 Å². The minimum Gasteiger partial charge on any atom is -0.493 e. The third kappa shape index (κ3) is 5.42. The van der Waals surface area contributed by atoms with Crippen molar-refractivity contribution in [2.75, 3.05) is 26.1 Å². The van der Waals surface area contributed by atoms with E-state index in [1.165, 1.54) is 39.5 Å². The van der Waals surface area contributed by atoms with E-state index < -0.39 is 14.9 Å². The Morgan fingerprint density at radius 2 is 1.55 bits per heavy atom. The van der Waals surface area contributed by atoms with Crippen molar-refractivity contribution < 1.29 is 27.6 Å². The molecule has 33 heavy (non-hydrogen) atoms. The molecule has 0 heterocycles. The number of rotatable bonds is 9. The molecule has 0 saturated carbocycles. The summed E-state index contributed by atoms with van der Waals surface area (Å²) in [5, 5.41) is 11.0. The van der Waals surface area contributed by atoms with E-state index in [1.807, 2.05) is 0 Å². The van der Waals surface area contributed by atoms with Crippen LogP contribution in [0.1, 0.15) is 11.1 Å². The van der Waals surface area contributed by atoms with Crippen LogP contribution in [0.15, 0.2) is 65.6 Å². The summed E-state index contributed by atoms with van der Waals surface area (Å²) < 4.78 is 44.2. The lowest BCUT2D eigenvalue weighted by Gasteiger charge is -2.13. The number of anilines is 1. The van der Waals surface area contributed by atoms with Gasteiger partial charge in [-0.3, -0.25) is 14.8 Å². The fourth-order valence-electron chi connectivity index (χ4n) is 3.09. The number of methoxy groups -OCH3 is 3. The second-order valence-electron chi connectivity index (χ2n) is 6.74. The van der Waals surface area contributed by atoms with Gasteiger partial charge in [-0.25, -0.2) is 8.42 Å². The Morgan fingerprint density at radius 3 is 2.15 bits per heavy atom. The summed E-state index contributed by atoms with van der Waals surface area (Å²) in [4.78, 5) is 10.1. The molecule has 0 amide bonds. The second kappa shape index (κ2) is 10.0. The second-order valence-corrected chi connectivity index (χ2v) is 8.42. The van der Waals surface area contributed by atoms with Crippen molar-refractivity contribution in [3.63, 3.8) is 0 Å². The zero-order valence-corrected chi connectivity index (χ0v) is 19.0. The molecular formula is C23H22N2O7S. The summed E-state index contributed by atoms with van der Waals surface area (Å²) >= 11 is 0. The maximum Gasteiger partial charge on any atom is 0.270 e. The molecule has 0 aliphatic carbocycles. The van der Waals surface area contributed by atoms with Crippen molar-refractivity contribution in [3.8, 4) is 17.2 Å². The lowest BCUT2D eigenvalue weighted by molar-refractivity contribution is -0.385. The van der Waals surface area contributed by atoms with Crippen LogP contribution in [0.5, 0.6) is 17.2 Å². The third-order valence-corrected chi connectivity index (χ3v) is 6.05. The number of ether oxygens (including phenoxy) is 3. The van der Waals surface area contributed by atoms with Gasteiger partial charge in [0.1, 0.15) is 0 Å². The van der Waals surface area contributed by atoms with E-state index in [-0.39, 0.29) is 10.6 Å². The number of para-hydroxylation sites is 1. The SMILES string of the molecule is COc1cc(/C=C\c2ccccc2NS(=O)(=O)c2cccc([N+](=O)[O-])c2)cc(OC)c1OC. The molecular weight excluding hydrogens is 448 g/mol. The molecule has 1 N–H and O–H groups in total. The van der Waals surface area contributed by atoms with Crippen LogP contribution in [0.3, 0.4) is 0 Å². The first-order valence-electron chi connectivity index (χ1n) is 9.63. The molecule has 0 aromatic heterocycles. The average Bonchev–Trinajstić information content (AvgIpc) is 2.82. The number of sulfonamides is 1. The summed E-state index contributed by atoms with van der Waals surface area (Å²) in [6, 6.07) is 15.2. The highest BCUT2D eigenvalue weighted by Crippen LogP contribution is 2.38. The summed E-state index contributed by atoms with van der Waals surface area (Å²) in [5.74, 6) is 1.43. The Labute approximate surface area is 191 Å². The molecule has 9 nitrogen and oxygen atoms in total. The number of nitro benzene ring substituents is 1. The third-order valence-electron chi connectivity index (χ3n) is 4.69. The van der Waals surface area contributed by atoms with Crippen molar-refractivity contribution in [2.24, 2.45) is 0 Å². The number of benzene rings is 3. The van der Waals surface area contributed by atoms with Crippen molar-refractivity contribution in [2.45, 2.75) is 4.90 Å². The van der Waals surface area contributed by atoms with Gasteiger partial charge in [0.05, 0.1) is 36.8 Å². The maximum absolute atomic E-state index is 12.8. The van der Waals surface area contributed by atoms with Gasteiger partial charge in [0.15, 0.2) is 11.5 Å². The van der Waals surface area contributed by atoms with Gasteiger partial charge in [-0.2, -0.15) is 0 Å². The van der Waals surface area contributed by atoms with E-state index in [0.717, 1.165) is 11.6 Å². The predicted octanol–water partition coefficient (Wildman–Crippen LogP) is 4.59. The maximum atomic E-state index is 12.8. The molecule has 3 aromatic carbocycles. The number of hydrogen-bond acceptors (Lipinski definition) is 7. The Morgan fingerprint density at radius 1 is 0.879 bits per heavy atom. The van der Waals surface area contributed by atoms with E-state index in [9.17, 15) is 18.5 Å². The van der Waals surface area contributed by atoms with Crippen molar-refractivity contribution in [1.82, 2.24) is 0 Å². The Hall–Kier alpha value is -4.05. The van der Waals surface area contributed by atoms with E-state index >= 15 is 0 Å². The minimum absolute atomic E-state index is 0.208. The molecule has 0 bridgehead atoms. The summed E-state index contributed by atoms with van der Waals surface area (Å²) in [5.41, 5.74) is 1.32. The summed E-state index contributed by atoms with van der Waals surface area (Å²) in [6.45, 7) is 0. The molecule has 0 fully saturated rings. The van der Waals surface area contributed by atoms with E-state index in [1.54, 1.807) is 48.6 Å². The number of nitrogens with one attached hydrogen (secondary N) is 1. The lowest BCUT2D eigenvalue weighted by Crippen LogP contribution is -2.13. The smallest absolute Gasteiger partial charge is 0.270 e. The zero-order valence-electron chi connectivity index (χ0n) is 18.1. The molecule has 0 aliphatic heterocycles. The fraction of sp³-hybridized carbons (Fsp3) is 0.130. The molecule has 0 atom stereocenters. The monoisotopic (exact) mass is 470 g/mol. The van der Waals surface area contributed by atoms with E-state index in [0.29, 0.717) is 28.5 Å². The molecule has 0 unspecified atom stereocenters. The molecule has 0 saturated heterocycles. The van der Waals surface area contributed by atoms with Crippen molar-refractivity contribution >= 4 is 33.6 Å². The van der Waals surface area contributed by atoms with Crippen LogP contribution in [0.2, 0.25) is 0 Å². The highest BCUT2D eigenvalue weighted by atomic mass is 32.2. The van der Waals surface area contributed by atoms with Crippen LogP contribution >= 0.6 is 0 Å². The fourth-order valence-corrected chi connectivity index (χ4v) is 4.21. The molecule has 0 spiro atoms. The molecule has 3 aromatic rings. The van der Waals surface area contributed by atoms with Crippen molar-refractivity contribution in [3.05, 3.63) is 81.9 Å². The standard InChI is InChI=1S/C23H22N2O7S/c1-30-21-13-16(14-22(31-2)23(21)32-3)11-12-17-7-4-5-10-20(17)24-33(28,29)19-9-6-8-18(15-19)25(26)27/h4-15,24H,1-3H3/b12-11-. The van der Waals surface area contributed by atoms with E-state index in [2.05, 4.69) is 4.72 Å². The van der Waals surface area contributed by atoms with Crippen LogP contribution in [0.4, 0.5) is 11.4 Å². The quantitative estimate of drug-likeness (QED) is 0.276. The van der Waals surface area contributed by atoms with Crippen LogP contribution in [-0.4, -0.2) is 34.7 Å². The number of hydrogen-bond donors (Lipinski definition) is 1. The topological polar surface area (TPSA) is 117 Å². The summed E-state index contributed by atoms with van der Waals surface area (Å²) in [6.07, 6.45) is 3.50. The molecule has 0 aliphatic rings. The van der Waals surface area contributed by atoms with Gasteiger partial charge >= 0.3 is 0 Å². The van der Waals surface area contributed by atoms with Gasteiger partial charge in [0.25, 0.3) is 15.7 Å². The first-order chi connectivity index (χ1) is 15.8. The van der Waals surface area contributed by atoms with Gasteiger partial charge in [-0.1, -0.05) is 36.4 Å². The Bertz CT molecular complexity index is 1280. The van der Waals surface area contributed by atoms with Gasteiger partial charge in [-0.15, -0.1) is 0 Å². The van der Waals surface area contributed by atoms with Gasteiger partial charge < -0.3 is 14.2 Å². The highest BCUT2D eigenvalue weighted by Gasteiger charge is 2.19. The van der Waals surface area contributed by atoms with Crippen LogP contribution in [0.25, 0.3) is 12.2 Å². The minimum atomic E-state index is -4.05. The number of nitrogens with zero attached hydrogens (tertiary/aromatic N) is 1. The molecule has 10 heteroatoms. The van der Waals surface area contributed by atoms with Crippen LogP contribution in [0, 0.1) is 10.1 Å². The number of non-ortho nitro benzene ring substituents is 1. The van der Waals surface area contributed by atoms with Crippen molar-refractivity contribution in [1.29, 1.82) is 0 Å². The first kappa shape index (κ1) is 23.6. The van der Waals surface area contributed by atoms with E-state index in [4.69, 9.17) is 14.2 Å². The molecule has 3 rings (SSSR count). The Kier molecular flexibility index (Phi) is 7.19. The lowest BCUT2D eigenvalue weighted by atomic mass is 10.1. The van der Waals surface area contributed by atoms with Gasteiger partial charge in [0.2, 0.25) is 5.75 Å². The normalized spacial score (nSPS) is 11.2. The molecule has 172 valence electrons. The van der Waals surface area contributed by atoms with Gasteiger partial charge in [0, 0.05) is 12.1 Å².